The van der Waals surface area contributed by atoms with Gasteiger partial charge < -0.3 is 19.2 Å². The van der Waals surface area contributed by atoms with Gasteiger partial charge in [0.15, 0.2) is 0 Å². The Morgan fingerprint density at radius 3 is 2.45 bits per heavy atom. The molecule has 1 heterocycles. The molecule has 3 aromatic carbocycles. The number of carbonyl (C=O) groups excluding carboxylic acids is 1. The highest BCUT2D eigenvalue weighted by Crippen LogP contribution is 2.22. The molecule has 2 N–H and O–H groups in total. The third kappa shape index (κ3) is 5.12. The minimum atomic E-state index is -0.332. The highest BCUT2D eigenvalue weighted by atomic mass is 16.5. The van der Waals surface area contributed by atoms with Crippen LogP contribution in [0.25, 0.3) is 11.0 Å². The molecule has 0 saturated heterocycles. The largest absolute Gasteiger partial charge is 0.497 e. The van der Waals surface area contributed by atoms with Crippen LogP contribution in [0, 0.1) is 0 Å². The van der Waals surface area contributed by atoms with Crippen LogP contribution in [0.2, 0.25) is 0 Å². The molecule has 0 unspecified atom stereocenters. The van der Waals surface area contributed by atoms with Gasteiger partial charge in [-0.15, -0.1) is 0 Å². The summed E-state index contributed by atoms with van der Waals surface area (Å²) in [7, 11) is 4.79. The number of nitrogens with one attached hydrogen (secondary N) is 2. The Balaban J connectivity index is 1.46. The molecule has 0 radical (unpaired) electrons. The number of hydrogen-bond donors (Lipinski definition) is 2. The van der Waals surface area contributed by atoms with Crippen LogP contribution in [0.1, 0.15) is 27.3 Å². The van der Waals surface area contributed by atoms with E-state index >= 15 is 0 Å². The number of ether oxygens (including phenoxy) is 3. The molecule has 0 bridgehead atoms. The summed E-state index contributed by atoms with van der Waals surface area (Å²) in [6, 6.07) is 18.5. The highest BCUT2D eigenvalue weighted by molar-refractivity contribution is 5.98. The topological polar surface area (TPSA) is 97.8 Å². The maximum Gasteiger partial charge on any atom is 0.271 e. The quantitative estimate of drug-likeness (QED) is 0.317. The summed E-state index contributed by atoms with van der Waals surface area (Å²) >= 11 is 0. The number of amides is 1. The Hall–Kier alpha value is -4.33. The standard InChI is InChI=1S/C25H24N4O4/c1-31-19-7-4-16(5-8-19)12-24-27-21-10-6-17(14-22(21)28-24)25(30)29-26-15-18-13-20(32-2)9-11-23(18)33-3/h4-11,13-15H,12H2,1-3H3,(H,27,28)(H,29,30)/b26-15-. The summed E-state index contributed by atoms with van der Waals surface area (Å²) in [5.41, 5.74) is 6.38. The van der Waals surface area contributed by atoms with Crippen LogP contribution in [0.3, 0.4) is 0 Å². The van der Waals surface area contributed by atoms with Crippen LogP contribution in [0.4, 0.5) is 0 Å². The van der Waals surface area contributed by atoms with Gasteiger partial charge in [0, 0.05) is 17.5 Å². The van der Waals surface area contributed by atoms with Gasteiger partial charge in [-0.1, -0.05) is 12.1 Å². The van der Waals surface area contributed by atoms with Crippen LogP contribution in [-0.4, -0.2) is 43.4 Å². The van der Waals surface area contributed by atoms with E-state index in [-0.39, 0.29) is 5.91 Å². The third-order valence-corrected chi connectivity index (χ3v) is 5.13. The predicted octanol–water partition coefficient (Wildman–Crippen LogP) is 3.94. The number of fused-ring (bicyclic) bond motifs is 1. The summed E-state index contributed by atoms with van der Waals surface area (Å²) in [5, 5.41) is 4.06. The SMILES string of the molecule is COc1ccc(Cc2nc3ccc(C(=O)N/N=C\c4cc(OC)ccc4OC)cc3[nH]2)cc1. The first-order valence-electron chi connectivity index (χ1n) is 10.3. The fraction of sp³-hybridized carbons (Fsp3) is 0.160. The number of aromatic amines is 1. The normalized spacial score (nSPS) is 11.0. The lowest BCUT2D eigenvalue weighted by Gasteiger charge is -2.06. The first kappa shape index (κ1) is 21.9. The number of hydrazone groups is 1. The molecule has 4 rings (SSSR count). The van der Waals surface area contributed by atoms with Gasteiger partial charge in [-0.05, 0) is 54.1 Å². The Bertz CT molecular complexity index is 1300. The molecule has 0 aliphatic rings. The van der Waals surface area contributed by atoms with Crippen LogP contribution in [-0.2, 0) is 6.42 Å². The maximum absolute atomic E-state index is 12.6. The van der Waals surface area contributed by atoms with Gasteiger partial charge in [-0.3, -0.25) is 4.79 Å². The van der Waals surface area contributed by atoms with Gasteiger partial charge >= 0.3 is 0 Å². The Labute approximate surface area is 191 Å². The van der Waals surface area contributed by atoms with Crippen molar-refractivity contribution in [1.29, 1.82) is 0 Å². The van der Waals surface area contributed by atoms with E-state index in [0.717, 1.165) is 28.2 Å². The number of imidazole rings is 1. The van der Waals surface area contributed by atoms with Gasteiger partial charge in [-0.2, -0.15) is 5.10 Å². The fourth-order valence-corrected chi connectivity index (χ4v) is 3.39. The van der Waals surface area contributed by atoms with Crippen molar-refractivity contribution in [2.75, 3.05) is 21.3 Å². The number of H-pyrrole nitrogens is 1. The second kappa shape index (κ2) is 9.86. The van der Waals surface area contributed by atoms with Crippen molar-refractivity contribution in [3.05, 3.63) is 83.2 Å². The minimum absolute atomic E-state index is 0.332. The molecule has 1 amide bonds. The predicted molar refractivity (Wildman–Crippen MR) is 126 cm³/mol. The van der Waals surface area contributed by atoms with Gasteiger partial charge in [0.05, 0.1) is 38.6 Å². The van der Waals surface area contributed by atoms with Crippen molar-refractivity contribution >= 4 is 23.2 Å². The Morgan fingerprint density at radius 2 is 1.73 bits per heavy atom. The van der Waals surface area contributed by atoms with Crippen LogP contribution in [0.5, 0.6) is 17.2 Å². The smallest absolute Gasteiger partial charge is 0.271 e. The van der Waals surface area contributed by atoms with Gasteiger partial charge in [0.25, 0.3) is 5.91 Å². The van der Waals surface area contributed by atoms with Crippen molar-refractivity contribution in [3.63, 3.8) is 0 Å². The first-order valence-corrected chi connectivity index (χ1v) is 10.3. The molecule has 0 atom stereocenters. The molecule has 8 heteroatoms. The number of hydrogen-bond acceptors (Lipinski definition) is 6. The molecule has 4 aromatic rings. The van der Waals surface area contributed by atoms with Crippen molar-refractivity contribution in [2.24, 2.45) is 5.10 Å². The molecular weight excluding hydrogens is 420 g/mol. The van der Waals surface area contributed by atoms with Crippen molar-refractivity contribution in [3.8, 4) is 17.2 Å². The summed E-state index contributed by atoms with van der Waals surface area (Å²) in [5.74, 6) is 2.58. The van der Waals surface area contributed by atoms with Gasteiger partial charge in [-0.25, -0.2) is 10.4 Å². The lowest BCUT2D eigenvalue weighted by atomic mass is 10.1. The lowest BCUT2D eigenvalue weighted by molar-refractivity contribution is 0.0955. The van der Waals surface area contributed by atoms with Crippen molar-refractivity contribution in [1.82, 2.24) is 15.4 Å². The lowest BCUT2D eigenvalue weighted by Crippen LogP contribution is -2.17. The zero-order valence-electron chi connectivity index (χ0n) is 18.6. The van der Waals surface area contributed by atoms with Crippen LogP contribution in [0.15, 0.2) is 65.8 Å². The number of rotatable bonds is 8. The average Bonchev–Trinajstić information content (AvgIpc) is 3.25. The highest BCUT2D eigenvalue weighted by Gasteiger charge is 2.10. The number of benzene rings is 3. The molecular formula is C25H24N4O4. The van der Waals surface area contributed by atoms with E-state index in [9.17, 15) is 4.79 Å². The van der Waals surface area contributed by atoms with E-state index in [1.54, 1.807) is 51.7 Å². The van der Waals surface area contributed by atoms with E-state index in [0.29, 0.717) is 29.0 Å². The zero-order chi connectivity index (χ0) is 23.2. The van der Waals surface area contributed by atoms with E-state index < -0.39 is 0 Å². The number of methoxy groups -OCH3 is 3. The second-order valence-corrected chi connectivity index (χ2v) is 7.25. The minimum Gasteiger partial charge on any atom is -0.497 e. The second-order valence-electron chi connectivity index (χ2n) is 7.25. The number of aromatic nitrogens is 2. The first-order chi connectivity index (χ1) is 16.1. The van der Waals surface area contributed by atoms with Crippen molar-refractivity contribution < 1.29 is 19.0 Å². The van der Waals surface area contributed by atoms with E-state index in [4.69, 9.17) is 14.2 Å². The maximum atomic E-state index is 12.6. The van der Waals surface area contributed by atoms with E-state index in [1.165, 1.54) is 6.21 Å². The molecule has 0 saturated carbocycles. The van der Waals surface area contributed by atoms with E-state index in [2.05, 4.69) is 20.5 Å². The summed E-state index contributed by atoms with van der Waals surface area (Å²) < 4.78 is 15.7. The molecule has 0 aliphatic heterocycles. The Kier molecular flexibility index (Phi) is 6.54. The summed E-state index contributed by atoms with van der Waals surface area (Å²) in [6.45, 7) is 0. The zero-order valence-corrected chi connectivity index (χ0v) is 18.6. The monoisotopic (exact) mass is 444 g/mol. The van der Waals surface area contributed by atoms with Crippen LogP contribution < -0.4 is 19.6 Å². The molecule has 0 aliphatic carbocycles. The Morgan fingerprint density at radius 1 is 0.970 bits per heavy atom. The summed E-state index contributed by atoms with van der Waals surface area (Å²) in [4.78, 5) is 20.5. The van der Waals surface area contributed by atoms with Gasteiger partial charge in [0.1, 0.15) is 23.1 Å². The fourth-order valence-electron chi connectivity index (χ4n) is 3.39. The number of nitrogens with zero attached hydrogens (tertiary/aromatic N) is 2. The molecule has 8 nitrogen and oxygen atoms in total. The van der Waals surface area contributed by atoms with Crippen molar-refractivity contribution in [2.45, 2.75) is 6.42 Å². The third-order valence-electron chi connectivity index (χ3n) is 5.13. The van der Waals surface area contributed by atoms with Gasteiger partial charge in [0.2, 0.25) is 0 Å². The molecule has 168 valence electrons. The van der Waals surface area contributed by atoms with E-state index in [1.807, 2.05) is 30.3 Å². The molecule has 1 aromatic heterocycles. The van der Waals surface area contributed by atoms with Crippen LogP contribution >= 0.6 is 0 Å². The molecule has 0 spiro atoms. The number of carbonyl (C=O) groups is 1. The molecule has 33 heavy (non-hydrogen) atoms. The average molecular weight is 444 g/mol. The summed E-state index contributed by atoms with van der Waals surface area (Å²) in [6.07, 6.45) is 2.16. The molecule has 0 fully saturated rings.